The molecule has 0 aliphatic carbocycles. The number of benzene rings is 2. The molecule has 2 unspecified atom stereocenters. The average Bonchev–Trinajstić information content (AvgIpc) is 2.40. The SMILES string of the molecule is O=[PH]([O-])Oc1ccccc1.O=[PH]([O-])Oc1ccccc1.[Na+].[Na+]. The molecule has 0 spiro atoms. The summed E-state index contributed by atoms with van der Waals surface area (Å²) < 4.78 is 28.9. The zero-order valence-corrected chi connectivity index (χ0v) is 18.2. The second-order valence-electron chi connectivity index (χ2n) is 3.33. The van der Waals surface area contributed by atoms with Crippen LogP contribution in [0.1, 0.15) is 0 Å². The fraction of sp³-hybridized carbons (Fsp3) is 0. The van der Waals surface area contributed by atoms with Crippen molar-refractivity contribution in [2.24, 2.45) is 0 Å². The van der Waals surface area contributed by atoms with Crippen LogP contribution in [0.4, 0.5) is 0 Å². The fourth-order valence-electron chi connectivity index (χ4n) is 1.17. The molecule has 0 fully saturated rings. The third-order valence-electron chi connectivity index (χ3n) is 1.89. The van der Waals surface area contributed by atoms with Gasteiger partial charge in [0.05, 0.1) is 0 Å². The van der Waals surface area contributed by atoms with Crippen molar-refractivity contribution < 1.29 is 87.1 Å². The van der Waals surface area contributed by atoms with Crippen molar-refractivity contribution in [1.29, 1.82) is 0 Å². The molecule has 0 saturated carbocycles. The van der Waals surface area contributed by atoms with Gasteiger partial charge in [-0.15, -0.1) is 0 Å². The van der Waals surface area contributed by atoms with Crippen molar-refractivity contribution in [1.82, 2.24) is 0 Å². The van der Waals surface area contributed by atoms with Gasteiger partial charge in [-0.25, -0.2) is 0 Å². The maximum absolute atomic E-state index is 10.0. The molecule has 0 bridgehead atoms. The molecule has 0 amide bonds. The van der Waals surface area contributed by atoms with Crippen LogP contribution in [0.3, 0.4) is 0 Å². The second-order valence-corrected chi connectivity index (χ2v) is 4.74. The summed E-state index contributed by atoms with van der Waals surface area (Å²) in [6.45, 7) is 0. The van der Waals surface area contributed by atoms with Gasteiger partial charge in [0.1, 0.15) is 11.5 Å². The smallest absolute Gasteiger partial charge is 0.771 e. The van der Waals surface area contributed by atoms with Gasteiger partial charge in [0.15, 0.2) is 16.5 Å². The van der Waals surface area contributed by atoms with Gasteiger partial charge < -0.3 is 18.8 Å². The molecule has 2 atom stereocenters. The molecule has 0 heterocycles. The zero-order valence-electron chi connectivity index (χ0n) is 12.2. The average molecular weight is 360 g/mol. The van der Waals surface area contributed by atoms with Gasteiger partial charge in [0, 0.05) is 0 Å². The minimum absolute atomic E-state index is 0. The van der Waals surface area contributed by atoms with Crippen LogP contribution in [0, 0.1) is 0 Å². The summed E-state index contributed by atoms with van der Waals surface area (Å²) in [5.41, 5.74) is 0. The Morgan fingerprint density at radius 1 is 0.636 bits per heavy atom. The number of hydrogen-bond donors (Lipinski definition) is 0. The van der Waals surface area contributed by atoms with E-state index < -0.39 is 16.5 Å². The first-order valence-electron chi connectivity index (χ1n) is 5.45. The summed E-state index contributed by atoms with van der Waals surface area (Å²) in [5, 5.41) is 0. The normalized spacial score (nSPS) is 11.4. The first-order chi connectivity index (χ1) is 9.58. The quantitative estimate of drug-likeness (QED) is 0.404. The Balaban J connectivity index is 0. The molecular weight excluding hydrogens is 348 g/mol. The fourth-order valence-corrected chi connectivity index (χ4v) is 1.83. The standard InChI is InChI=1S/2C6H7O3P.2Na/c2*7-10(8)9-6-4-2-1-3-5-6;;/h2*1-5,10H,(H,7,8);;/q;;2*+1/p-2. The first kappa shape index (κ1) is 24.7. The molecule has 2 aromatic rings. The molecule has 0 saturated heterocycles. The van der Waals surface area contributed by atoms with Crippen molar-refractivity contribution in [2.45, 2.75) is 0 Å². The van der Waals surface area contributed by atoms with Gasteiger partial charge in [0.2, 0.25) is 0 Å². The topological polar surface area (TPSA) is 98.7 Å². The molecule has 10 heteroatoms. The van der Waals surface area contributed by atoms with Crippen LogP contribution >= 0.6 is 16.5 Å². The van der Waals surface area contributed by atoms with Crippen LogP contribution in [0.25, 0.3) is 0 Å². The Bertz CT molecular complexity index is 505. The monoisotopic (exact) mass is 360 g/mol. The van der Waals surface area contributed by atoms with Crippen molar-refractivity contribution in [3.63, 3.8) is 0 Å². The van der Waals surface area contributed by atoms with Gasteiger partial charge in [0.25, 0.3) is 0 Å². The van der Waals surface area contributed by atoms with Crippen molar-refractivity contribution >= 4 is 16.5 Å². The molecule has 2 rings (SSSR count). The van der Waals surface area contributed by atoms with Crippen LogP contribution < -0.4 is 77.9 Å². The third-order valence-corrected chi connectivity index (χ3v) is 2.69. The molecule has 6 nitrogen and oxygen atoms in total. The van der Waals surface area contributed by atoms with E-state index in [1.54, 1.807) is 60.7 Å². The van der Waals surface area contributed by atoms with Crippen molar-refractivity contribution in [3.05, 3.63) is 60.7 Å². The molecule has 0 aliphatic heterocycles. The molecule has 0 radical (unpaired) electrons. The van der Waals surface area contributed by atoms with E-state index in [-0.39, 0.29) is 59.1 Å². The largest absolute Gasteiger partial charge is 1.00 e. The van der Waals surface area contributed by atoms with Gasteiger partial charge in [-0.05, 0) is 24.3 Å². The summed E-state index contributed by atoms with van der Waals surface area (Å²) in [4.78, 5) is 20.0. The van der Waals surface area contributed by atoms with Gasteiger partial charge in [-0.3, -0.25) is 9.13 Å². The predicted octanol–water partition coefficient (Wildman–Crippen LogP) is -4.36. The van der Waals surface area contributed by atoms with Gasteiger partial charge >= 0.3 is 59.1 Å². The van der Waals surface area contributed by atoms with Crippen molar-refractivity contribution in [2.75, 3.05) is 0 Å². The number of hydrogen-bond acceptors (Lipinski definition) is 6. The van der Waals surface area contributed by atoms with Crippen LogP contribution in [-0.4, -0.2) is 0 Å². The zero-order chi connectivity index (χ0) is 14.8. The van der Waals surface area contributed by atoms with Crippen LogP contribution in [0.5, 0.6) is 11.5 Å². The minimum Gasteiger partial charge on any atom is -0.771 e. The Hall–Kier alpha value is 0.420. The minimum atomic E-state index is -3.09. The van der Waals surface area contributed by atoms with Gasteiger partial charge in [-0.1, -0.05) is 36.4 Å². The Labute approximate surface area is 174 Å². The van der Waals surface area contributed by atoms with E-state index in [1.165, 1.54) is 0 Å². The van der Waals surface area contributed by atoms with E-state index in [2.05, 4.69) is 9.05 Å². The second kappa shape index (κ2) is 15.0. The summed E-state index contributed by atoms with van der Waals surface area (Å²) >= 11 is 0. The molecule has 0 N–H and O–H groups in total. The van der Waals surface area contributed by atoms with E-state index in [4.69, 9.17) is 0 Å². The third kappa shape index (κ3) is 12.9. The predicted molar refractivity (Wildman–Crippen MR) is 72.1 cm³/mol. The summed E-state index contributed by atoms with van der Waals surface area (Å²) in [6, 6.07) is 16.7. The van der Waals surface area contributed by atoms with E-state index in [0.717, 1.165) is 0 Å². The van der Waals surface area contributed by atoms with E-state index >= 15 is 0 Å². The summed E-state index contributed by atoms with van der Waals surface area (Å²) in [5.74, 6) is 0.725. The molecular formula is C12H12Na2O6P2. The summed E-state index contributed by atoms with van der Waals surface area (Å²) in [6.07, 6.45) is 0. The molecule has 108 valence electrons. The molecule has 2 aromatic carbocycles. The van der Waals surface area contributed by atoms with Gasteiger partial charge in [-0.2, -0.15) is 0 Å². The Kier molecular flexibility index (Phi) is 16.8. The van der Waals surface area contributed by atoms with Crippen molar-refractivity contribution in [3.8, 4) is 11.5 Å². The van der Waals surface area contributed by atoms with Crippen LogP contribution in [-0.2, 0) is 9.13 Å². The number of para-hydroxylation sites is 2. The van der Waals surface area contributed by atoms with Crippen LogP contribution in [0.15, 0.2) is 60.7 Å². The summed E-state index contributed by atoms with van der Waals surface area (Å²) in [7, 11) is -6.17. The molecule has 0 aromatic heterocycles. The Morgan fingerprint density at radius 2 is 0.909 bits per heavy atom. The number of rotatable bonds is 4. The first-order valence-corrected chi connectivity index (χ1v) is 7.90. The molecule has 22 heavy (non-hydrogen) atoms. The van der Waals surface area contributed by atoms with E-state index in [0.29, 0.717) is 11.5 Å². The maximum Gasteiger partial charge on any atom is 1.00 e. The molecule has 0 aliphatic rings. The van der Waals surface area contributed by atoms with E-state index in [1.807, 2.05) is 0 Å². The van der Waals surface area contributed by atoms with E-state index in [9.17, 15) is 18.9 Å². The Morgan fingerprint density at radius 3 is 1.14 bits per heavy atom. The van der Waals surface area contributed by atoms with Crippen LogP contribution in [0.2, 0.25) is 0 Å². The maximum atomic E-state index is 10.0.